The van der Waals surface area contributed by atoms with Crippen LogP contribution in [0.4, 0.5) is 22.0 Å². The molecule has 2 heterocycles. The van der Waals surface area contributed by atoms with E-state index in [9.17, 15) is 26.7 Å². The molecule has 120 valence electrons. The van der Waals surface area contributed by atoms with Crippen molar-refractivity contribution in [3.8, 4) is 0 Å². The Morgan fingerprint density at radius 1 is 1.32 bits per heavy atom. The first-order valence-electron chi connectivity index (χ1n) is 6.07. The number of ether oxygens (including phenoxy) is 1. The molecule has 0 aromatic carbocycles. The zero-order chi connectivity index (χ0) is 16.7. The van der Waals surface area contributed by atoms with Crippen molar-refractivity contribution in [2.45, 2.75) is 25.9 Å². The molecule has 0 fully saturated rings. The van der Waals surface area contributed by atoms with Crippen LogP contribution < -0.4 is 0 Å². The van der Waals surface area contributed by atoms with Gasteiger partial charge in [-0.3, -0.25) is 0 Å². The Morgan fingerprint density at radius 3 is 2.50 bits per heavy atom. The minimum absolute atomic E-state index is 0.00750. The van der Waals surface area contributed by atoms with Crippen molar-refractivity contribution in [2.75, 3.05) is 6.61 Å². The predicted octanol–water partition coefficient (Wildman–Crippen LogP) is 2.87. The topological polar surface area (TPSA) is 56.5 Å². The fourth-order valence-electron chi connectivity index (χ4n) is 1.81. The Bertz CT molecular complexity index is 723. The second kappa shape index (κ2) is 5.18. The summed E-state index contributed by atoms with van der Waals surface area (Å²) in [4.78, 5) is 15.5. The Hall–Kier alpha value is -2.26. The van der Waals surface area contributed by atoms with Crippen molar-refractivity contribution < 1.29 is 31.5 Å². The molecule has 0 aliphatic rings. The van der Waals surface area contributed by atoms with Gasteiger partial charge >= 0.3 is 18.1 Å². The average Bonchev–Trinajstić information content (AvgIpc) is 2.80. The average molecular weight is 323 g/mol. The van der Waals surface area contributed by atoms with Gasteiger partial charge in [-0.1, -0.05) is 0 Å². The summed E-state index contributed by atoms with van der Waals surface area (Å²) in [7, 11) is 0. The van der Waals surface area contributed by atoms with Crippen LogP contribution in [0.1, 0.15) is 28.7 Å². The Morgan fingerprint density at radius 2 is 1.95 bits per heavy atom. The zero-order valence-corrected chi connectivity index (χ0v) is 11.4. The van der Waals surface area contributed by atoms with Gasteiger partial charge in [0.25, 0.3) is 0 Å². The first-order valence-corrected chi connectivity index (χ1v) is 6.07. The summed E-state index contributed by atoms with van der Waals surface area (Å²) in [6.07, 6.45) is -4.96. The third-order valence-corrected chi connectivity index (χ3v) is 2.77. The molecule has 10 heteroatoms. The number of fused-ring (bicyclic) bond motifs is 1. The van der Waals surface area contributed by atoms with E-state index in [0.717, 1.165) is 6.20 Å². The van der Waals surface area contributed by atoms with Crippen molar-refractivity contribution in [3.05, 3.63) is 29.2 Å². The van der Waals surface area contributed by atoms with E-state index in [4.69, 9.17) is 0 Å². The van der Waals surface area contributed by atoms with Gasteiger partial charge in [-0.25, -0.2) is 14.3 Å². The monoisotopic (exact) mass is 323 g/mol. The molecule has 0 bridgehead atoms. The van der Waals surface area contributed by atoms with Gasteiger partial charge in [0.1, 0.15) is 11.3 Å². The number of nitrogens with zero attached hydrogens (tertiary/aromatic N) is 3. The first kappa shape index (κ1) is 16.1. The number of aryl methyl sites for hydroxylation is 1. The van der Waals surface area contributed by atoms with E-state index in [1.165, 1.54) is 13.8 Å². The number of halogens is 5. The number of esters is 1. The van der Waals surface area contributed by atoms with Crippen molar-refractivity contribution in [1.82, 2.24) is 14.6 Å². The second-order valence-electron chi connectivity index (χ2n) is 4.37. The molecule has 0 atom stereocenters. The van der Waals surface area contributed by atoms with E-state index >= 15 is 0 Å². The molecule has 5 nitrogen and oxygen atoms in total. The minimum atomic E-state index is -5.80. The number of hydrogen-bond donors (Lipinski definition) is 0. The summed E-state index contributed by atoms with van der Waals surface area (Å²) in [6.45, 7) is 2.76. The normalized spacial score (nSPS) is 12.7. The fourth-order valence-corrected chi connectivity index (χ4v) is 1.81. The van der Waals surface area contributed by atoms with Gasteiger partial charge in [-0.2, -0.15) is 27.1 Å². The highest BCUT2D eigenvalue weighted by atomic mass is 19.4. The maximum Gasteiger partial charge on any atom is 0.459 e. The lowest BCUT2D eigenvalue weighted by Gasteiger charge is -2.20. The highest BCUT2D eigenvalue weighted by Crippen LogP contribution is 2.43. The van der Waals surface area contributed by atoms with Crippen molar-refractivity contribution in [3.63, 3.8) is 0 Å². The van der Waals surface area contributed by atoms with Gasteiger partial charge in [-0.15, -0.1) is 0 Å². The van der Waals surface area contributed by atoms with Gasteiger partial charge in [0.15, 0.2) is 5.65 Å². The van der Waals surface area contributed by atoms with Crippen LogP contribution in [0.25, 0.3) is 5.65 Å². The molecular formula is C12H10F5N3O2. The summed E-state index contributed by atoms with van der Waals surface area (Å²) in [5.74, 6) is -6.05. The predicted molar refractivity (Wildman–Crippen MR) is 63.6 cm³/mol. The van der Waals surface area contributed by atoms with Crippen LogP contribution in [0, 0.1) is 6.92 Å². The van der Waals surface area contributed by atoms with Crippen LogP contribution in [0.15, 0.2) is 12.3 Å². The number of carbonyl (C=O) groups excluding carboxylic acids is 1. The fraction of sp³-hybridized carbons (Fsp3) is 0.417. The summed E-state index contributed by atoms with van der Waals surface area (Å²) >= 11 is 0. The zero-order valence-electron chi connectivity index (χ0n) is 11.4. The molecular weight excluding hydrogens is 313 g/mol. The van der Waals surface area contributed by atoms with Crippen molar-refractivity contribution in [2.24, 2.45) is 0 Å². The van der Waals surface area contributed by atoms with E-state index in [1.54, 1.807) is 0 Å². The minimum Gasteiger partial charge on any atom is -0.462 e. The van der Waals surface area contributed by atoms with Gasteiger partial charge in [-0.05, 0) is 19.9 Å². The van der Waals surface area contributed by atoms with Crippen LogP contribution in [0.2, 0.25) is 0 Å². The van der Waals surface area contributed by atoms with Crippen LogP contribution in [0.5, 0.6) is 0 Å². The summed E-state index contributed by atoms with van der Waals surface area (Å²) in [5.41, 5.74) is -2.24. The largest absolute Gasteiger partial charge is 0.462 e. The highest BCUT2D eigenvalue weighted by Gasteiger charge is 2.60. The van der Waals surface area contributed by atoms with Gasteiger partial charge in [0.05, 0.1) is 12.8 Å². The van der Waals surface area contributed by atoms with Gasteiger partial charge < -0.3 is 4.74 Å². The number of rotatable bonds is 3. The molecule has 0 N–H and O–H groups in total. The smallest absolute Gasteiger partial charge is 0.459 e. The Kier molecular flexibility index (Phi) is 3.80. The lowest BCUT2D eigenvalue weighted by molar-refractivity contribution is -0.291. The molecule has 2 aromatic rings. The summed E-state index contributed by atoms with van der Waals surface area (Å²) < 4.78 is 69.9. The Balaban J connectivity index is 2.71. The molecule has 2 rings (SSSR count). The molecule has 0 aliphatic heterocycles. The Labute approximate surface area is 120 Å². The van der Waals surface area contributed by atoms with Crippen LogP contribution in [0.3, 0.4) is 0 Å². The number of aromatic nitrogens is 3. The molecule has 0 aliphatic carbocycles. The second-order valence-corrected chi connectivity index (χ2v) is 4.37. The van der Waals surface area contributed by atoms with E-state index in [-0.39, 0.29) is 17.9 Å². The van der Waals surface area contributed by atoms with E-state index in [0.29, 0.717) is 10.6 Å². The molecule has 0 radical (unpaired) electrons. The quantitative estimate of drug-likeness (QED) is 0.644. The van der Waals surface area contributed by atoms with Crippen LogP contribution in [-0.2, 0) is 10.7 Å². The van der Waals surface area contributed by atoms with E-state index in [1.807, 2.05) is 0 Å². The number of alkyl halides is 5. The third kappa shape index (κ3) is 2.48. The first-order chi connectivity index (χ1) is 10.1. The maximum atomic E-state index is 13.6. The lowest BCUT2D eigenvalue weighted by Crippen LogP contribution is -2.36. The van der Waals surface area contributed by atoms with Crippen LogP contribution >= 0.6 is 0 Å². The SMILES string of the molecule is CCOC(=O)c1cnn2c(C(F)(F)C(F)(F)F)cc(C)nc12. The molecule has 2 aromatic heterocycles. The van der Waals surface area contributed by atoms with E-state index < -0.39 is 29.4 Å². The van der Waals surface area contributed by atoms with E-state index in [2.05, 4.69) is 14.8 Å². The van der Waals surface area contributed by atoms with Crippen molar-refractivity contribution in [1.29, 1.82) is 0 Å². The third-order valence-electron chi connectivity index (χ3n) is 2.77. The lowest BCUT2D eigenvalue weighted by atomic mass is 10.2. The standard InChI is InChI=1S/C12H10F5N3O2/c1-3-22-10(21)7-5-18-20-8(4-6(2)19-9(7)20)11(13,14)12(15,16)17/h4-5H,3H2,1-2H3. The van der Waals surface area contributed by atoms with Crippen LogP contribution in [-0.4, -0.2) is 33.4 Å². The summed E-state index contributed by atoms with van der Waals surface area (Å²) in [5, 5.41) is 3.42. The molecule has 0 spiro atoms. The molecule has 0 unspecified atom stereocenters. The number of carbonyl (C=O) groups is 1. The van der Waals surface area contributed by atoms with Crippen molar-refractivity contribution >= 4 is 11.6 Å². The molecule has 0 amide bonds. The number of hydrogen-bond acceptors (Lipinski definition) is 4. The van der Waals surface area contributed by atoms with Gasteiger partial charge in [0, 0.05) is 5.69 Å². The summed E-state index contributed by atoms with van der Waals surface area (Å²) in [6, 6.07) is 0.572. The molecule has 0 saturated carbocycles. The van der Waals surface area contributed by atoms with Gasteiger partial charge in [0.2, 0.25) is 0 Å². The molecule has 0 saturated heterocycles. The highest BCUT2D eigenvalue weighted by molar-refractivity contribution is 5.95. The maximum absolute atomic E-state index is 13.6. The molecule has 22 heavy (non-hydrogen) atoms.